The molecule has 0 aliphatic rings. The van der Waals surface area contributed by atoms with Crippen molar-refractivity contribution in [1.82, 2.24) is 4.98 Å². The average molecular weight is 250 g/mol. The molecule has 72 valence electrons. The molecule has 0 bridgehead atoms. The lowest BCUT2D eigenvalue weighted by Crippen LogP contribution is -1.95. The Hall–Kier alpha value is -0.890. The van der Waals surface area contributed by atoms with Crippen LogP contribution in [0.2, 0.25) is 0 Å². The fourth-order valence-electron chi connectivity index (χ4n) is 1.66. The topological polar surface area (TPSA) is 12.9 Å². The average Bonchev–Trinajstić information content (AvgIpc) is 2.27. The van der Waals surface area contributed by atoms with Crippen molar-refractivity contribution >= 4 is 26.7 Å². The van der Waals surface area contributed by atoms with Crippen molar-refractivity contribution in [2.24, 2.45) is 0 Å². The quantitative estimate of drug-likeness (QED) is 0.740. The van der Waals surface area contributed by atoms with Crippen LogP contribution < -0.4 is 0 Å². The van der Waals surface area contributed by atoms with Gasteiger partial charge < -0.3 is 0 Å². The molecular weight excluding hydrogens is 238 g/mol. The zero-order chi connectivity index (χ0) is 9.97. The fourth-order valence-corrected chi connectivity index (χ4v) is 2.01. The molecule has 0 N–H and O–H groups in total. The summed E-state index contributed by atoms with van der Waals surface area (Å²) in [6, 6.07) is 8.48. The molecule has 1 atom stereocenters. The number of hydrogen-bond acceptors (Lipinski definition) is 1. The number of nitrogens with zero attached hydrogens (tertiary/aromatic N) is 1. The lowest BCUT2D eigenvalue weighted by molar-refractivity contribution is 0.898. The Labute approximate surface area is 92.3 Å². The highest BCUT2D eigenvalue weighted by Crippen LogP contribution is 2.25. The lowest BCUT2D eigenvalue weighted by Gasteiger charge is -2.11. The highest BCUT2D eigenvalue weighted by Gasteiger charge is 2.06. The maximum atomic E-state index is 4.13. The van der Waals surface area contributed by atoms with Crippen LogP contribution in [0.15, 0.2) is 36.7 Å². The predicted molar refractivity (Wildman–Crippen MR) is 64.0 cm³/mol. The molecule has 0 saturated carbocycles. The highest BCUT2D eigenvalue weighted by molar-refractivity contribution is 9.09. The van der Waals surface area contributed by atoms with Crippen LogP contribution in [0.5, 0.6) is 0 Å². The van der Waals surface area contributed by atoms with Crippen molar-refractivity contribution in [1.29, 1.82) is 0 Å². The summed E-state index contributed by atoms with van der Waals surface area (Å²) in [6.07, 6.45) is 3.77. The molecule has 1 heterocycles. The van der Waals surface area contributed by atoms with E-state index in [4.69, 9.17) is 0 Å². The second kappa shape index (κ2) is 4.09. The molecule has 2 aromatic rings. The summed E-state index contributed by atoms with van der Waals surface area (Å²) < 4.78 is 0. The van der Waals surface area contributed by atoms with E-state index in [1.165, 1.54) is 16.3 Å². The Kier molecular flexibility index (Phi) is 2.82. The predicted octanol–water partition coefficient (Wildman–Crippen LogP) is 3.73. The number of pyridine rings is 1. The minimum absolute atomic E-state index is 0.543. The van der Waals surface area contributed by atoms with E-state index in [0.29, 0.717) is 5.92 Å². The number of alkyl halides is 1. The third kappa shape index (κ3) is 1.67. The van der Waals surface area contributed by atoms with Crippen LogP contribution in [0.1, 0.15) is 18.4 Å². The van der Waals surface area contributed by atoms with Gasteiger partial charge in [0.2, 0.25) is 0 Å². The first kappa shape index (κ1) is 9.66. The van der Waals surface area contributed by atoms with E-state index in [0.717, 1.165) is 5.33 Å². The Morgan fingerprint density at radius 3 is 3.00 bits per heavy atom. The van der Waals surface area contributed by atoms with E-state index in [1.807, 2.05) is 12.4 Å². The second-order valence-corrected chi connectivity index (χ2v) is 4.15. The van der Waals surface area contributed by atoms with Crippen molar-refractivity contribution in [2.45, 2.75) is 12.8 Å². The Balaban J connectivity index is 2.65. The first-order chi connectivity index (χ1) is 6.83. The molecule has 0 fully saturated rings. The van der Waals surface area contributed by atoms with Crippen LogP contribution in [-0.4, -0.2) is 10.3 Å². The van der Waals surface area contributed by atoms with Gasteiger partial charge in [0.15, 0.2) is 0 Å². The van der Waals surface area contributed by atoms with Gasteiger partial charge in [-0.1, -0.05) is 41.1 Å². The number of fused-ring (bicyclic) bond motifs is 1. The maximum Gasteiger partial charge on any atom is 0.0346 e. The smallest absolute Gasteiger partial charge is 0.0346 e. The molecule has 1 unspecified atom stereocenters. The van der Waals surface area contributed by atoms with Crippen molar-refractivity contribution in [3.8, 4) is 0 Å². The van der Waals surface area contributed by atoms with Crippen molar-refractivity contribution in [3.05, 3.63) is 42.2 Å². The van der Waals surface area contributed by atoms with Crippen molar-refractivity contribution < 1.29 is 0 Å². The lowest BCUT2D eigenvalue weighted by atomic mass is 9.97. The molecule has 0 aliphatic carbocycles. The standard InChI is InChI=1S/C12H12BrN/c1-9(7-13)11-4-2-3-10-8-14-6-5-12(10)11/h2-6,8-9H,7H2,1H3. The van der Waals surface area contributed by atoms with Crippen LogP contribution in [-0.2, 0) is 0 Å². The molecule has 0 spiro atoms. The Morgan fingerprint density at radius 1 is 1.36 bits per heavy atom. The highest BCUT2D eigenvalue weighted by atomic mass is 79.9. The van der Waals surface area contributed by atoms with Gasteiger partial charge in [0.1, 0.15) is 0 Å². The van der Waals surface area contributed by atoms with E-state index in [-0.39, 0.29) is 0 Å². The molecule has 0 radical (unpaired) electrons. The zero-order valence-corrected chi connectivity index (χ0v) is 9.66. The Morgan fingerprint density at radius 2 is 2.21 bits per heavy atom. The monoisotopic (exact) mass is 249 g/mol. The first-order valence-electron chi connectivity index (χ1n) is 4.71. The van der Waals surface area contributed by atoms with Gasteiger partial charge in [-0.15, -0.1) is 0 Å². The minimum atomic E-state index is 0.543. The number of rotatable bonds is 2. The normalized spacial score (nSPS) is 13.0. The van der Waals surface area contributed by atoms with Crippen LogP contribution in [0, 0.1) is 0 Å². The third-order valence-electron chi connectivity index (χ3n) is 2.48. The molecule has 0 aliphatic heterocycles. The van der Waals surface area contributed by atoms with E-state index in [2.05, 4.69) is 52.1 Å². The van der Waals surface area contributed by atoms with Gasteiger partial charge in [0.05, 0.1) is 0 Å². The number of halogens is 1. The van der Waals surface area contributed by atoms with E-state index >= 15 is 0 Å². The molecule has 2 heteroatoms. The summed E-state index contributed by atoms with van der Waals surface area (Å²) in [6.45, 7) is 2.23. The SMILES string of the molecule is CC(CBr)c1cccc2cnccc12. The van der Waals surface area contributed by atoms with Gasteiger partial charge in [-0.3, -0.25) is 4.98 Å². The number of hydrogen-bond donors (Lipinski definition) is 0. The van der Waals surface area contributed by atoms with Crippen LogP contribution >= 0.6 is 15.9 Å². The third-order valence-corrected chi connectivity index (χ3v) is 3.45. The first-order valence-corrected chi connectivity index (χ1v) is 5.83. The van der Waals surface area contributed by atoms with E-state index in [1.54, 1.807) is 0 Å². The number of aromatic nitrogens is 1. The van der Waals surface area contributed by atoms with Crippen LogP contribution in [0.4, 0.5) is 0 Å². The van der Waals surface area contributed by atoms with E-state index < -0.39 is 0 Å². The maximum absolute atomic E-state index is 4.13. The molecule has 14 heavy (non-hydrogen) atoms. The minimum Gasteiger partial charge on any atom is -0.264 e. The Bertz CT molecular complexity index is 434. The van der Waals surface area contributed by atoms with E-state index in [9.17, 15) is 0 Å². The van der Waals surface area contributed by atoms with Gasteiger partial charge in [-0.25, -0.2) is 0 Å². The van der Waals surface area contributed by atoms with Crippen molar-refractivity contribution in [2.75, 3.05) is 5.33 Å². The summed E-state index contributed by atoms with van der Waals surface area (Å²) in [4.78, 5) is 4.13. The summed E-state index contributed by atoms with van der Waals surface area (Å²) in [5, 5.41) is 3.53. The van der Waals surface area contributed by atoms with Crippen LogP contribution in [0.25, 0.3) is 10.8 Å². The molecule has 1 aromatic carbocycles. The second-order valence-electron chi connectivity index (χ2n) is 3.50. The van der Waals surface area contributed by atoms with Gasteiger partial charge in [-0.2, -0.15) is 0 Å². The molecule has 1 aromatic heterocycles. The largest absolute Gasteiger partial charge is 0.264 e. The summed E-state index contributed by atoms with van der Waals surface area (Å²) in [7, 11) is 0. The molecule has 2 rings (SSSR count). The van der Waals surface area contributed by atoms with Crippen molar-refractivity contribution in [3.63, 3.8) is 0 Å². The zero-order valence-electron chi connectivity index (χ0n) is 8.07. The van der Waals surface area contributed by atoms with Crippen LogP contribution in [0.3, 0.4) is 0 Å². The molecule has 0 amide bonds. The number of benzene rings is 1. The van der Waals surface area contributed by atoms with Gasteiger partial charge in [0, 0.05) is 23.1 Å². The van der Waals surface area contributed by atoms with Gasteiger partial charge >= 0.3 is 0 Å². The molecular formula is C12H12BrN. The fraction of sp³-hybridized carbons (Fsp3) is 0.250. The molecule has 0 saturated heterocycles. The summed E-state index contributed by atoms with van der Waals surface area (Å²) in [5.74, 6) is 0.543. The van der Waals surface area contributed by atoms with Gasteiger partial charge in [0.25, 0.3) is 0 Å². The van der Waals surface area contributed by atoms with Gasteiger partial charge in [-0.05, 0) is 22.9 Å². The molecule has 1 nitrogen and oxygen atoms in total. The summed E-state index contributed by atoms with van der Waals surface area (Å²) >= 11 is 3.52. The summed E-state index contributed by atoms with van der Waals surface area (Å²) in [5.41, 5.74) is 1.39.